The second-order valence-corrected chi connectivity index (χ2v) is 2.69. The summed E-state index contributed by atoms with van der Waals surface area (Å²) in [5.74, 6) is -0.216. The van der Waals surface area contributed by atoms with Gasteiger partial charge in [0, 0.05) is 6.42 Å². The lowest BCUT2D eigenvalue weighted by Gasteiger charge is -1.95. The van der Waals surface area contributed by atoms with Crippen LogP contribution in [0.1, 0.15) is 19.2 Å². The maximum absolute atomic E-state index is 10.3. The zero-order valence-electron chi connectivity index (χ0n) is 7.40. The Morgan fingerprint density at radius 3 is 2.92 bits per heavy atom. The highest BCUT2D eigenvalue weighted by Gasteiger charge is 2.08. The molecule has 0 saturated heterocycles. The normalized spacial score (nSPS) is 10.2. The average molecular weight is 184 g/mol. The molecule has 1 rings (SSSR count). The molecule has 3 N–H and O–H groups in total. The third kappa shape index (κ3) is 2.43. The molecule has 0 amide bonds. The van der Waals surface area contributed by atoms with Gasteiger partial charge in [-0.2, -0.15) is 10.1 Å². The fourth-order valence-electron chi connectivity index (χ4n) is 0.977. The highest BCUT2D eigenvalue weighted by Crippen LogP contribution is 2.02. The number of carbonyl (C=O) groups is 1. The second kappa shape index (κ2) is 3.88. The number of nitrogen functional groups attached to an aromatic ring is 1. The summed E-state index contributed by atoms with van der Waals surface area (Å²) in [6.07, 6.45) is 1.63. The van der Waals surface area contributed by atoms with Gasteiger partial charge in [0.15, 0.2) is 5.82 Å². The molecule has 0 aliphatic carbocycles. The van der Waals surface area contributed by atoms with Gasteiger partial charge in [0.05, 0.1) is 0 Å². The van der Waals surface area contributed by atoms with Crippen LogP contribution in [0.4, 0.5) is 5.95 Å². The first-order valence-corrected chi connectivity index (χ1v) is 4.04. The first-order chi connectivity index (χ1) is 6.13. The maximum atomic E-state index is 10.3. The van der Waals surface area contributed by atoms with E-state index in [1.165, 1.54) is 4.68 Å². The molecular formula is C7H12N4O2. The smallest absolute Gasteiger partial charge is 0.325 e. The minimum absolute atomic E-state index is 0.158. The predicted octanol–water partition coefficient (Wildman–Crippen LogP) is -0.103. The van der Waals surface area contributed by atoms with E-state index in [1.54, 1.807) is 0 Å². The number of carboxylic acid groups (broad SMARTS) is 1. The molecule has 0 aliphatic rings. The topological polar surface area (TPSA) is 94.0 Å². The number of rotatable bonds is 4. The summed E-state index contributed by atoms with van der Waals surface area (Å²) in [7, 11) is 0. The van der Waals surface area contributed by atoms with Crippen molar-refractivity contribution >= 4 is 11.9 Å². The summed E-state index contributed by atoms with van der Waals surface area (Å²) in [5.41, 5.74) is 5.45. The summed E-state index contributed by atoms with van der Waals surface area (Å²) in [4.78, 5) is 14.3. The van der Waals surface area contributed by atoms with E-state index in [2.05, 4.69) is 10.1 Å². The quantitative estimate of drug-likeness (QED) is 0.681. The maximum Gasteiger partial charge on any atom is 0.325 e. The molecule has 6 heteroatoms. The summed E-state index contributed by atoms with van der Waals surface area (Å²) in [6, 6.07) is 0. The van der Waals surface area contributed by atoms with Gasteiger partial charge in [0.2, 0.25) is 5.95 Å². The van der Waals surface area contributed by atoms with Crippen molar-refractivity contribution in [3.8, 4) is 0 Å². The Labute approximate surface area is 75.4 Å². The van der Waals surface area contributed by atoms with E-state index in [4.69, 9.17) is 10.8 Å². The fraction of sp³-hybridized carbons (Fsp3) is 0.571. The Bertz CT molecular complexity index is 307. The van der Waals surface area contributed by atoms with Crippen LogP contribution in [0.15, 0.2) is 0 Å². The molecule has 1 heterocycles. The SMILES string of the molecule is CCCc1nc(N)n(CC(=O)O)n1. The minimum Gasteiger partial charge on any atom is -0.480 e. The van der Waals surface area contributed by atoms with Crippen molar-refractivity contribution in [2.75, 3.05) is 5.73 Å². The standard InChI is InChI=1S/C7H12N4O2/c1-2-3-5-9-7(8)11(10-5)4-6(12)13/h2-4H2,1H3,(H,12,13)(H2,8,9,10). The van der Waals surface area contributed by atoms with Crippen molar-refractivity contribution in [1.82, 2.24) is 14.8 Å². The molecular weight excluding hydrogens is 172 g/mol. The Morgan fingerprint density at radius 2 is 2.38 bits per heavy atom. The van der Waals surface area contributed by atoms with Crippen molar-refractivity contribution in [2.24, 2.45) is 0 Å². The van der Waals surface area contributed by atoms with Crippen LogP contribution in [0.25, 0.3) is 0 Å². The van der Waals surface area contributed by atoms with Gasteiger partial charge in [-0.3, -0.25) is 4.79 Å². The minimum atomic E-state index is -0.973. The summed E-state index contributed by atoms with van der Waals surface area (Å²) in [5, 5.41) is 12.4. The molecule has 0 aliphatic heterocycles. The van der Waals surface area contributed by atoms with E-state index >= 15 is 0 Å². The lowest BCUT2D eigenvalue weighted by Crippen LogP contribution is -2.12. The van der Waals surface area contributed by atoms with E-state index in [0.717, 1.165) is 12.8 Å². The molecule has 0 fully saturated rings. The van der Waals surface area contributed by atoms with Crippen LogP contribution >= 0.6 is 0 Å². The van der Waals surface area contributed by atoms with Crippen molar-refractivity contribution in [3.05, 3.63) is 5.82 Å². The Hall–Kier alpha value is -1.59. The largest absolute Gasteiger partial charge is 0.480 e. The van der Waals surface area contributed by atoms with Crippen LogP contribution < -0.4 is 5.73 Å². The molecule has 1 aromatic rings. The summed E-state index contributed by atoms with van der Waals surface area (Å²) >= 11 is 0. The first kappa shape index (κ1) is 9.50. The monoisotopic (exact) mass is 184 g/mol. The van der Waals surface area contributed by atoms with Crippen molar-refractivity contribution in [3.63, 3.8) is 0 Å². The van der Waals surface area contributed by atoms with Gasteiger partial charge in [0.25, 0.3) is 0 Å². The first-order valence-electron chi connectivity index (χ1n) is 4.04. The highest BCUT2D eigenvalue weighted by atomic mass is 16.4. The molecule has 0 atom stereocenters. The van der Waals surface area contributed by atoms with E-state index < -0.39 is 5.97 Å². The van der Waals surface area contributed by atoms with Crippen LogP contribution in [0, 0.1) is 0 Å². The van der Waals surface area contributed by atoms with Crippen molar-refractivity contribution in [2.45, 2.75) is 26.3 Å². The lowest BCUT2D eigenvalue weighted by atomic mass is 10.3. The number of aryl methyl sites for hydroxylation is 1. The van der Waals surface area contributed by atoms with E-state index in [1.807, 2.05) is 6.92 Å². The molecule has 0 aromatic carbocycles. The molecule has 6 nitrogen and oxygen atoms in total. The lowest BCUT2D eigenvalue weighted by molar-refractivity contribution is -0.137. The number of hydrogen-bond acceptors (Lipinski definition) is 4. The van der Waals surface area contributed by atoms with E-state index in [0.29, 0.717) is 5.82 Å². The third-order valence-electron chi connectivity index (χ3n) is 1.50. The summed E-state index contributed by atoms with van der Waals surface area (Å²) < 4.78 is 1.19. The molecule has 1 aromatic heterocycles. The number of anilines is 1. The molecule has 72 valence electrons. The van der Waals surface area contributed by atoms with Gasteiger partial charge in [0.1, 0.15) is 6.54 Å². The van der Waals surface area contributed by atoms with Crippen LogP contribution in [0.5, 0.6) is 0 Å². The van der Waals surface area contributed by atoms with Crippen LogP contribution in [0.2, 0.25) is 0 Å². The molecule has 0 radical (unpaired) electrons. The molecule has 0 saturated carbocycles. The number of carboxylic acids is 1. The zero-order valence-corrected chi connectivity index (χ0v) is 7.40. The molecule has 0 spiro atoms. The summed E-state index contributed by atoms with van der Waals surface area (Å²) in [6.45, 7) is 1.76. The Morgan fingerprint density at radius 1 is 1.69 bits per heavy atom. The number of hydrogen-bond donors (Lipinski definition) is 2. The average Bonchev–Trinajstić information content (AvgIpc) is 2.31. The second-order valence-electron chi connectivity index (χ2n) is 2.69. The molecule has 0 bridgehead atoms. The molecule has 13 heavy (non-hydrogen) atoms. The number of aliphatic carboxylic acids is 1. The van der Waals surface area contributed by atoms with Crippen molar-refractivity contribution < 1.29 is 9.90 Å². The van der Waals surface area contributed by atoms with E-state index in [-0.39, 0.29) is 12.5 Å². The Balaban J connectivity index is 2.77. The molecule has 0 unspecified atom stereocenters. The van der Waals surface area contributed by atoms with Gasteiger partial charge < -0.3 is 10.8 Å². The van der Waals surface area contributed by atoms with Gasteiger partial charge >= 0.3 is 5.97 Å². The van der Waals surface area contributed by atoms with Gasteiger partial charge in [-0.1, -0.05) is 6.92 Å². The Kier molecular flexibility index (Phi) is 2.84. The number of aromatic nitrogens is 3. The predicted molar refractivity (Wildman–Crippen MR) is 46.1 cm³/mol. The number of nitrogens with two attached hydrogens (primary N) is 1. The van der Waals surface area contributed by atoms with Crippen LogP contribution in [0.3, 0.4) is 0 Å². The van der Waals surface area contributed by atoms with Gasteiger partial charge in [-0.15, -0.1) is 0 Å². The third-order valence-corrected chi connectivity index (χ3v) is 1.50. The van der Waals surface area contributed by atoms with Crippen LogP contribution in [-0.4, -0.2) is 25.8 Å². The van der Waals surface area contributed by atoms with Gasteiger partial charge in [-0.05, 0) is 6.42 Å². The van der Waals surface area contributed by atoms with Crippen molar-refractivity contribution in [1.29, 1.82) is 0 Å². The van der Waals surface area contributed by atoms with E-state index in [9.17, 15) is 4.79 Å². The zero-order chi connectivity index (χ0) is 9.84. The number of nitrogens with zero attached hydrogens (tertiary/aromatic N) is 3. The highest BCUT2D eigenvalue weighted by molar-refractivity contribution is 5.66. The van der Waals surface area contributed by atoms with Crippen LogP contribution in [-0.2, 0) is 17.8 Å². The van der Waals surface area contributed by atoms with Gasteiger partial charge in [-0.25, -0.2) is 4.68 Å². The fourth-order valence-corrected chi connectivity index (χ4v) is 0.977.